The third-order valence-electron chi connectivity index (χ3n) is 3.21. The molecule has 0 aromatic heterocycles. The molecule has 2 rings (SSSR count). The molecule has 0 saturated heterocycles. The lowest BCUT2D eigenvalue weighted by Crippen LogP contribution is -2.26. The summed E-state index contributed by atoms with van der Waals surface area (Å²) in [7, 11) is 0. The second kappa shape index (κ2) is 6.10. The van der Waals surface area contributed by atoms with E-state index in [9.17, 15) is 0 Å². The first kappa shape index (κ1) is 13.2. The molecule has 1 saturated carbocycles. The Bertz CT molecular complexity index is 376. The zero-order chi connectivity index (χ0) is 12.3. The third-order valence-corrected chi connectivity index (χ3v) is 4.24. The highest BCUT2D eigenvalue weighted by Gasteiger charge is 2.24. The van der Waals surface area contributed by atoms with Crippen LogP contribution in [0.5, 0.6) is 0 Å². The van der Waals surface area contributed by atoms with Crippen molar-refractivity contribution in [2.75, 3.05) is 18.0 Å². The Kier molecular flexibility index (Phi) is 4.75. The van der Waals surface area contributed by atoms with Gasteiger partial charge in [0.25, 0.3) is 0 Å². The Morgan fingerprint density at radius 2 is 2.18 bits per heavy atom. The van der Waals surface area contributed by atoms with Crippen LogP contribution in [-0.4, -0.2) is 13.1 Å². The molecule has 3 heteroatoms. The molecule has 0 heterocycles. The van der Waals surface area contributed by atoms with Crippen molar-refractivity contribution in [2.45, 2.75) is 32.1 Å². The number of nitrogens with zero attached hydrogens (tertiary/aromatic N) is 1. The minimum Gasteiger partial charge on any atom is -0.371 e. The van der Waals surface area contributed by atoms with Gasteiger partial charge in [0.1, 0.15) is 0 Å². The maximum absolute atomic E-state index is 5.88. The summed E-state index contributed by atoms with van der Waals surface area (Å²) in [6.07, 6.45) is 4.00. The van der Waals surface area contributed by atoms with Gasteiger partial charge in [-0.25, -0.2) is 0 Å². The summed E-state index contributed by atoms with van der Waals surface area (Å²) in [4.78, 5) is 2.50. The van der Waals surface area contributed by atoms with Crippen molar-refractivity contribution >= 4 is 33.2 Å². The molecular formula is C14H19BrClN. The zero-order valence-corrected chi connectivity index (χ0v) is 12.6. The van der Waals surface area contributed by atoms with Gasteiger partial charge in [-0.1, -0.05) is 28.9 Å². The highest BCUT2D eigenvalue weighted by Crippen LogP contribution is 2.33. The van der Waals surface area contributed by atoms with Crippen LogP contribution in [0.2, 0.25) is 0 Å². The molecular weight excluding hydrogens is 298 g/mol. The van der Waals surface area contributed by atoms with E-state index in [1.54, 1.807) is 0 Å². The molecule has 0 aliphatic heterocycles. The van der Waals surface area contributed by atoms with Crippen LogP contribution in [0.3, 0.4) is 0 Å². The van der Waals surface area contributed by atoms with Crippen molar-refractivity contribution in [1.29, 1.82) is 0 Å². The molecule has 0 radical (unpaired) electrons. The van der Waals surface area contributed by atoms with Gasteiger partial charge in [-0.05, 0) is 42.9 Å². The van der Waals surface area contributed by atoms with Gasteiger partial charge in [0.2, 0.25) is 0 Å². The minimum absolute atomic E-state index is 0.567. The van der Waals surface area contributed by atoms with Gasteiger partial charge in [0, 0.05) is 29.1 Å². The Hall–Kier alpha value is -0.210. The normalized spacial score (nSPS) is 15.0. The first-order chi connectivity index (χ1) is 8.24. The number of halogens is 2. The van der Waals surface area contributed by atoms with Gasteiger partial charge in [0.05, 0.1) is 0 Å². The topological polar surface area (TPSA) is 3.24 Å². The maximum atomic E-state index is 5.88. The van der Waals surface area contributed by atoms with Gasteiger partial charge in [0.15, 0.2) is 0 Å². The second-order valence-corrected chi connectivity index (χ2v) is 5.92. The van der Waals surface area contributed by atoms with Crippen LogP contribution in [0, 0.1) is 5.92 Å². The Morgan fingerprint density at radius 3 is 2.71 bits per heavy atom. The van der Waals surface area contributed by atoms with Crippen LogP contribution in [0.25, 0.3) is 0 Å². The van der Waals surface area contributed by atoms with Gasteiger partial charge in [-0.2, -0.15) is 0 Å². The molecule has 1 aromatic rings. The largest absolute Gasteiger partial charge is 0.371 e. The highest BCUT2D eigenvalue weighted by atomic mass is 79.9. The fraction of sp³-hybridized carbons (Fsp3) is 0.571. The lowest BCUT2D eigenvalue weighted by atomic mass is 10.2. The van der Waals surface area contributed by atoms with Crippen LogP contribution >= 0.6 is 27.5 Å². The number of benzene rings is 1. The molecule has 0 spiro atoms. The average Bonchev–Trinajstić information content (AvgIpc) is 3.12. The average molecular weight is 317 g/mol. The molecule has 0 bridgehead atoms. The van der Waals surface area contributed by atoms with E-state index in [0.717, 1.165) is 16.9 Å². The van der Waals surface area contributed by atoms with E-state index in [1.807, 2.05) is 0 Å². The number of rotatable bonds is 6. The quantitative estimate of drug-likeness (QED) is 0.680. The molecule has 94 valence electrons. The Balaban J connectivity index is 2.13. The predicted octanol–water partition coefficient (Wildman–Crippen LogP) is 4.81. The fourth-order valence-corrected chi connectivity index (χ4v) is 2.95. The van der Waals surface area contributed by atoms with E-state index < -0.39 is 0 Å². The van der Waals surface area contributed by atoms with Crippen LogP contribution in [0.15, 0.2) is 22.7 Å². The van der Waals surface area contributed by atoms with Gasteiger partial charge >= 0.3 is 0 Å². The van der Waals surface area contributed by atoms with E-state index in [1.165, 1.54) is 37.1 Å². The molecule has 1 aliphatic rings. The van der Waals surface area contributed by atoms with Crippen LogP contribution in [0.4, 0.5) is 5.69 Å². The van der Waals surface area contributed by atoms with Gasteiger partial charge in [-0.15, -0.1) is 11.6 Å². The zero-order valence-electron chi connectivity index (χ0n) is 10.3. The van der Waals surface area contributed by atoms with E-state index in [0.29, 0.717) is 5.88 Å². The van der Waals surface area contributed by atoms with Crippen LogP contribution in [-0.2, 0) is 5.88 Å². The first-order valence-electron chi connectivity index (χ1n) is 6.34. The monoisotopic (exact) mass is 315 g/mol. The van der Waals surface area contributed by atoms with Crippen molar-refractivity contribution < 1.29 is 0 Å². The van der Waals surface area contributed by atoms with E-state index in [-0.39, 0.29) is 0 Å². The molecule has 1 aromatic carbocycles. The van der Waals surface area contributed by atoms with Crippen molar-refractivity contribution in [2.24, 2.45) is 5.92 Å². The molecule has 0 unspecified atom stereocenters. The lowest BCUT2D eigenvalue weighted by Gasteiger charge is -2.25. The molecule has 1 fully saturated rings. The summed E-state index contributed by atoms with van der Waals surface area (Å²) in [5.74, 6) is 1.49. The summed E-state index contributed by atoms with van der Waals surface area (Å²) < 4.78 is 1.13. The second-order valence-electron chi connectivity index (χ2n) is 4.80. The molecule has 1 nitrogen and oxygen atoms in total. The fourth-order valence-electron chi connectivity index (χ4n) is 2.05. The summed E-state index contributed by atoms with van der Waals surface area (Å²) in [5, 5.41) is 0. The smallest absolute Gasteiger partial charge is 0.0485 e. The first-order valence-corrected chi connectivity index (χ1v) is 7.66. The predicted molar refractivity (Wildman–Crippen MR) is 78.9 cm³/mol. The van der Waals surface area contributed by atoms with E-state index >= 15 is 0 Å². The van der Waals surface area contributed by atoms with E-state index in [2.05, 4.69) is 46.0 Å². The maximum Gasteiger partial charge on any atom is 0.0485 e. The highest BCUT2D eigenvalue weighted by molar-refractivity contribution is 9.10. The number of alkyl halides is 1. The minimum atomic E-state index is 0.567. The Labute approximate surface area is 117 Å². The summed E-state index contributed by atoms with van der Waals surface area (Å²) >= 11 is 9.47. The number of hydrogen-bond acceptors (Lipinski definition) is 1. The molecule has 1 aliphatic carbocycles. The van der Waals surface area contributed by atoms with E-state index in [4.69, 9.17) is 11.6 Å². The van der Waals surface area contributed by atoms with Crippen molar-refractivity contribution in [3.8, 4) is 0 Å². The lowest BCUT2D eigenvalue weighted by molar-refractivity contribution is 0.708. The van der Waals surface area contributed by atoms with Crippen LogP contribution in [0.1, 0.15) is 31.7 Å². The van der Waals surface area contributed by atoms with Crippen LogP contribution < -0.4 is 4.90 Å². The molecule has 17 heavy (non-hydrogen) atoms. The number of anilines is 1. The van der Waals surface area contributed by atoms with Crippen molar-refractivity contribution in [1.82, 2.24) is 0 Å². The molecule has 0 N–H and O–H groups in total. The standard InChI is InChI=1S/C14H19BrClN/c1-2-7-17(10-11-3-4-11)13-6-5-12(9-16)14(15)8-13/h5-6,8,11H,2-4,7,9-10H2,1H3. The molecule has 0 atom stereocenters. The van der Waals surface area contributed by atoms with Crippen molar-refractivity contribution in [3.05, 3.63) is 28.2 Å². The summed E-state index contributed by atoms with van der Waals surface area (Å²) in [6, 6.07) is 6.53. The molecule has 0 amide bonds. The number of hydrogen-bond donors (Lipinski definition) is 0. The van der Waals surface area contributed by atoms with Gasteiger partial charge in [-0.3, -0.25) is 0 Å². The SMILES string of the molecule is CCCN(CC1CC1)c1ccc(CCl)c(Br)c1. The summed E-state index contributed by atoms with van der Waals surface area (Å²) in [5.41, 5.74) is 2.48. The van der Waals surface area contributed by atoms with Gasteiger partial charge < -0.3 is 4.90 Å². The Morgan fingerprint density at radius 1 is 1.41 bits per heavy atom. The third kappa shape index (κ3) is 3.62. The van der Waals surface area contributed by atoms with Crippen molar-refractivity contribution in [3.63, 3.8) is 0 Å². The summed E-state index contributed by atoms with van der Waals surface area (Å²) in [6.45, 7) is 4.59.